The lowest BCUT2D eigenvalue weighted by Crippen LogP contribution is -2.24. The van der Waals surface area contributed by atoms with Crippen molar-refractivity contribution in [2.24, 2.45) is 5.92 Å². The van der Waals surface area contributed by atoms with E-state index in [9.17, 15) is 9.90 Å². The first-order valence-corrected chi connectivity index (χ1v) is 5.82. The summed E-state index contributed by atoms with van der Waals surface area (Å²) in [6.45, 7) is 4.33. The molecule has 1 aromatic carbocycles. The summed E-state index contributed by atoms with van der Waals surface area (Å²) in [7, 11) is 0. The number of carbonyl (C=O) groups is 1. The van der Waals surface area contributed by atoms with Crippen molar-refractivity contribution in [3.63, 3.8) is 0 Å². The molecule has 0 aromatic heterocycles. The fourth-order valence-corrected chi connectivity index (χ4v) is 2.29. The molecular formula is C12H12BrNO2. The molecule has 0 bridgehead atoms. The van der Waals surface area contributed by atoms with E-state index in [4.69, 9.17) is 0 Å². The third kappa shape index (κ3) is 1.97. The van der Waals surface area contributed by atoms with Crippen LogP contribution in [0.25, 0.3) is 0 Å². The number of amides is 1. The molecular weight excluding hydrogens is 270 g/mol. The van der Waals surface area contributed by atoms with Gasteiger partial charge in [0.2, 0.25) is 5.91 Å². The second kappa shape index (κ2) is 4.29. The standard InChI is InChI=1S/C12H12BrNO2/c1-2-8-5-12(16)14(7-8)11-6-9(15)3-4-10(11)13/h2-4,6,8,15H,1,5,7H2. The number of aromatic hydroxyl groups is 1. The quantitative estimate of drug-likeness (QED) is 0.847. The number of phenols is 1. The number of phenolic OH excluding ortho intramolecular Hbond substituents is 1. The molecule has 1 aliphatic rings. The molecule has 0 spiro atoms. The van der Waals surface area contributed by atoms with Gasteiger partial charge in [-0.1, -0.05) is 6.08 Å². The smallest absolute Gasteiger partial charge is 0.227 e. The topological polar surface area (TPSA) is 40.5 Å². The minimum absolute atomic E-state index is 0.0659. The van der Waals surface area contributed by atoms with Gasteiger partial charge in [0.15, 0.2) is 0 Å². The first-order valence-electron chi connectivity index (χ1n) is 5.03. The van der Waals surface area contributed by atoms with Crippen LogP contribution in [0.15, 0.2) is 35.3 Å². The highest BCUT2D eigenvalue weighted by atomic mass is 79.9. The first-order chi connectivity index (χ1) is 7.61. The number of rotatable bonds is 2. The summed E-state index contributed by atoms with van der Waals surface area (Å²) < 4.78 is 0.809. The molecule has 0 aliphatic carbocycles. The monoisotopic (exact) mass is 281 g/mol. The van der Waals surface area contributed by atoms with Crippen molar-refractivity contribution in [2.75, 3.05) is 11.4 Å². The Kier molecular flexibility index (Phi) is 3.01. The second-order valence-corrected chi connectivity index (χ2v) is 4.69. The number of nitrogens with zero attached hydrogens (tertiary/aromatic N) is 1. The van der Waals surface area contributed by atoms with Crippen molar-refractivity contribution in [1.29, 1.82) is 0 Å². The van der Waals surface area contributed by atoms with E-state index in [2.05, 4.69) is 22.5 Å². The van der Waals surface area contributed by atoms with Gasteiger partial charge in [0, 0.05) is 29.4 Å². The van der Waals surface area contributed by atoms with E-state index in [-0.39, 0.29) is 17.6 Å². The maximum Gasteiger partial charge on any atom is 0.227 e. The predicted molar refractivity (Wildman–Crippen MR) is 66.5 cm³/mol. The number of hydrogen-bond donors (Lipinski definition) is 1. The van der Waals surface area contributed by atoms with Crippen LogP contribution in [0.2, 0.25) is 0 Å². The van der Waals surface area contributed by atoms with Gasteiger partial charge in [-0.2, -0.15) is 0 Å². The van der Waals surface area contributed by atoms with E-state index in [1.807, 2.05) is 0 Å². The van der Waals surface area contributed by atoms with Crippen molar-refractivity contribution in [2.45, 2.75) is 6.42 Å². The molecule has 2 rings (SSSR count). The Morgan fingerprint density at radius 2 is 2.31 bits per heavy atom. The lowest BCUT2D eigenvalue weighted by Gasteiger charge is -2.18. The van der Waals surface area contributed by atoms with Crippen molar-refractivity contribution in [3.05, 3.63) is 35.3 Å². The zero-order chi connectivity index (χ0) is 11.7. The van der Waals surface area contributed by atoms with Gasteiger partial charge in [-0.25, -0.2) is 0 Å². The van der Waals surface area contributed by atoms with Crippen LogP contribution < -0.4 is 4.90 Å². The van der Waals surface area contributed by atoms with Crippen LogP contribution in [-0.2, 0) is 4.79 Å². The van der Waals surface area contributed by atoms with Crippen molar-refractivity contribution >= 4 is 27.5 Å². The SMILES string of the molecule is C=CC1CC(=O)N(c2cc(O)ccc2Br)C1. The van der Waals surface area contributed by atoms with Crippen LogP contribution >= 0.6 is 15.9 Å². The van der Waals surface area contributed by atoms with E-state index in [1.54, 1.807) is 29.2 Å². The van der Waals surface area contributed by atoms with Gasteiger partial charge in [-0.05, 0) is 28.1 Å². The molecule has 1 saturated heterocycles. The predicted octanol–water partition coefficient (Wildman–Crippen LogP) is 2.69. The van der Waals surface area contributed by atoms with Crippen molar-refractivity contribution in [3.8, 4) is 5.75 Å². The Morgan fingerprint density at radius 1 is 1.56 bits per heavy atom. The van der Waals surface area contributed by atoms with Gasteiger partial charge >= 0.3 is 0 Å². The lowest BCUT2D eigenvalue weighted by atomic mass is 10.1. The van der Waals surface area contributed by atoms with Crippen LogP contribution in [0, 0.1) is 5.92 Å². The summed E-state index contributed by atoms with van der Waals surface area (Å²) in [6, 6.07) is 4.91. The Balaban J connectivity index is 2.34. The normalized spacial score (nSPS) is 20.2. The van der Waals surface area contributed by atoms with E-state index in [0.29, 0.717) is 18.7 Å². The molecule has 0 radical (unpaired) electrons. The third-order valence-corrected chi connectivity index (χ3v) is 3.38. The van der Waals surface area contributed by atoms with E-state index < -0.39 is 0 Å². The highest BCUT2D eigenvalue weighted by Gasteiger charge is 2.29. The number of benzene rings is 1. The summed E-state index contributed by atoms with van der Waals surface area (Å²) in [5.41, 5.74) is 0.717. The van der Waals surface area contributed by atoms with Gasteiger partial charge < -0.3 is 10.0 Å². The molecule has 1 aromatic rings. The molecule has 1 N–H and O–H groups in total. The van der Waals surface area contributed by atoms with Gasteiger partial charge in [0.05, 0.1) is 5.69 Å². The highest BCUT2D eigenvalue weighted by Crippen LogP contribution is 2.34. The van der Waals surface area contributed by atoms with Gasteiger partial charge in [0.1, 0.15) is 5.75 Å². The van der Waals surface area contributed by atoms with Crippen LogP contribution in [-0.4, -0.2) is 17.6 Å². The van der Waals surface area contributed by atoms with E-state index in [1.165, 1.54) is 0 Å². The number of hydrogen-bond acceptors (Lipinski definition) is 2. The molecule has 1 unspecified atom stereocenters. The fourth-order valence-electron chi connectivity index (χ4n) is 1.83. The highest BCUT2D eigenvalue weighted by molar-refractivity contribution is 9.10. The summed E-state index contributed by atoms with van der Waals surface area (Å²) in [5.74, 6) is 0.422. The Morgan fingerprint density at radius 3 is 2.94 bits per heavy atom. The minimum atomic E-state index is 0.0659. The van der Waals surface area contributed by atoms with Crippen LogP contribution in [0.1, 0.15) is 6.42 Å². The molecule has 1 amide bonds. The molecule has 1 aliphatic heterocycles. The summed E-state index contributed by atoms with van der Waals surface area (Å²) >= 11 is 3.38. The van der Waals surface area contributed by atoms with Crippen LogP contribution in [0.4, 0.5) is 5.69 Å². The summed E-state index contributed by atoms with van der Waals surface area (Å²) in [4.78, 5) is 13.5. The molecule has 4 heteroatoms. The third-order valence-electron chi connectivity index (χ3n) is 2.71. The maximum absolute atomic E-state index is 11.8. The summed E-state index contributed by atoms with van der Waals surface area (Å²) in [5, 5.41) is 9.43. The molecule has 84 valence electrons. The largest absolute Gasteiger partial charge is 0.508 e. The van der Waals surface area contributed by atoms with E-state index >= 15 is 0 Å². The van der Waals surface area contributed by atoms with Gasteiger partial charge in [-0.15, -0.1) is 6.58 Å². The Bertz CT molecular complexity index is 445. The molecule has 1 atom stereocenters. The number of carbonyl (C=O) groups excluding carboxylic acids is 1. The first kappa shape index (κ1) is 11.2. The van der Waals surface area contributed by atoms with Crippen LogP contribution in [0.5, 0.6) is 5.75 Å². The maximum atomic E-state index is 11.8. The second-order valence-electron chi connectivity index (χ2n) is 3.84. The lowest BCUT2D eigenvalue weighted by molar-refractivity contribution is -0.117. The Labute approximate surface area is 103 Å². The molecule has 1 fully saturated rings. The molecule has 16 heavy (non-hydrogen) atoms. The fraction of sp³-hybridized carbons (Fsp3) is 0.250. The Hall–Kier alpha value is -1.29. The van der Waals surface area contributed by atoms with Crippen molar-refractivity contribution < 1.29 is 9.90 Å². The van der Waals surface area contributed by atoms with E-state index in [0.717, 1.165) is 4.47 Å². The number of anilines is 1. The average molecular weight is 282 g/mol. The van der Waals surface area contributed by atoms with Crippen molar-refractivity contribution in [1.82, 2.24) is 0 Å². The molecule has 1 heterocycles. The molecule has 3 nitrogen and oxygen atoms in total. The zero-order valence-corrected chi connectivity index (χ0v) is 10.3. The zero-order valence-electron chi connectivity index (χ0n) is 8.69. The van der Waals surface area contributed by atoms with Crippen LogP contribution in [0.3, 0.4) is 0 Å². The molecule has 0 saturated carbocycles. The van der Waals surface area contributed by atoms with Gasteiger partial charge in [-0.3, -0.25) is 4.79 Å². The average Bonchev–Trinajstić information content (AvgIpc) is 2.63. The van der Waals surface area contributed by atoms with Gasteiger partial charge in [0.25, 0.3) is 0 Å². The minimum Gasteiger partial charge on any atom is -0.508 e. The summed E-state index contributed by atoms with van der Waals surface area (Å²) in [6.07, 6.45) is 2.29. The number of halogens is 1.